The molecule has 0 aromatic carbocycles. The first kappa shape index (κ1) is 70.9. The van der Waals surface area contributed by atoms with Crippen LogP contribution < -0.4 is 4.89 Å². The number of rotatable bonds is 57. The van der Waals surface area contributed by atoms with Gasteiger partial charge in [0.2, 0.25) is 0 Å². The molecule has 0 spiro atoms. The Morgan fingerprint density at radius 2 is 0.795 bits per heavy atom. The number of allylic oxidation sites excluding steroid dienone is 12. The van der Waals surface area contributed by atoms with Gasteiger partial charge in [-0.2, -0.15) is 0 Å². The number of carbonyl (C=O) groups excluding carboxylic acids is 1. The van der Waals surface area contributed by atoms with Crippen LogP contribution in [0.1, 0.15) is 271 Å². The van der Waals surface area contributed by atoms with Gasteiger partial charge >= 0.3 is 5.97 Å². The number of quaternary nitrogens is 1. The zero-order chi connectivity index (χ0) is 53.3. The number of ether oxygens (including phenoxy) is 2. The van der Waals surface area contributed by atoms with Crippen LogP contribution in [0.25, 0.3) is 0 Å². The quantitative estimate of drug-likeness (QED) is 0.0197. The highest BCUT2D eigenvalue weighted by Gasteiger charge is 2.20. The number of hydrogen-bond acceptors (Lipinski definition) is 7. The fraction of sp³-hybridized carbons (Fsp3) is 0.797. The lowest BCUT2D eigenvalue weighted by atomic mass is 10.0. The van der Waals surface area contributed by atoms with Crippen molar-refractivity contribution in [3.8, 4) is 0 Å². The van der Waals surface area contributed by atoms with E-state index >= 15 is 0 Å². The summed E-state index contributed by atoms with van der Waals surface area (Å²) < 4.78 is 34.9. The minimum absolute atomic E-state index is 0.0229. The molecule has 426 valence electrons. The van der Waals surface area contributed by atoms with Crippen molar-refractivity contribution in [3.63, 3.8) is 0 Å². The second-order valence-electron chi connectivity index (χ2n) is 21.7. The molecule has 2 atom stereocenters. The van der Waals surface area contributed by atoms with E-state index in [-0.39, 0.29) is 25.8 Å². The molecule has 8 nitrogen and oxygen atoms in total. The first-order valence-electron chi connectivity index (χ1n) is 30.7. The summed E-state index contributed by atoms with van der Waals surface area (Å²) in [5.74, 6) is -0.338. The van der Waals surface area contributed by atoms with Crippen LogP contribution in [0.2, 0.25) is 0 Å². The topological polar surface area (TPSA) is 94.1 Å². The molecule has 0 bridgehead atoms. The molecular formula is C64H118NO7P. The molecular weight excluding hydrogens is 926 g/mol. The molecule has 0 aliphatic carbocycles. The highest BCUT2D eigenvalue weighted by Crippen LogP contribution is 2.38. The smallest absolute Gasteiger partial charge is 0.306 e. The lowest BCUT2D eigenvalue weighted by molar-refractivity contribution is -0.870. The van der Waals surface area contributed by atoms with E-state index in [1.54, 1.807) is 0 Å². The van der Waals surface area contributed by atoms with Crippen LogP contribution in [0.3, 0.4) is 0 Å². The van der Waals surface area contributed by atoms with E-state index in [2.05, 4.69) is 86.8 Å². The summed E-state index contributed by atoms with van der Waals surface area (Å²) in [6.45, 7) is 5.33. The predicted octanol–water partition coefficient (Wildman–Crippen LogP) is 19.1. The molecule has 0 aliphatic heterocycles. The average molecular weight is 1040 g/mol. The van der Waals surface area contributed by atoms with Crippen LogP contribution >= 0.6 is 7.82 Å². The Morgan fingerprint density at radius 3 is 1.21 bits per heavy atom. The summed E-state index contributed by atoms with van der Waals surface area (Å²) in [6.07, 6.45) is 75.2. The monoisotopic (exact) mass is 1040 g/mol. The van der Waals surface area contributed by atoms with Crippen LogP contribution in [0.15, 0.2) is 72.9 Å². The molecule has 73 heavy (non-hydrogen) atoms. The van der Waals surface area contributed by atoms with Gasteiger partial charge in [-0.25, -0.2) is 0 Å². The molecule has 0 aromatic rings. The first-order valence-corrected chi connectivity index (χ1v) is 32.1. The summed E-state index contributed by atoms with van der Waals surface area (Å²) in [4.78, 5) is 25.3. The van der Waals surface area contributed by atoms with Gasteiger partial charge in [-0.15, -0.1) is 0 Å². The van der Waals surface area contributed by atoms with Crippen molar-refractivity contribution >= 4 is 13.8 Å². The average Bonchev–Trinajstić information content (AvgIpc) is 3.35. The standard InChI is InChI=1S/C64H118NO7P/c1-6-8-10-12-14-16-18-20-22-24-26-28-30-32-34-36-38-40-42-44-46-48-50-52-54-56-59-69-61-63(62-71-73(67,68)70-60-58-65(3,4)5)72-64(66)57-55-53-51-49-47-45-43-41-39-37-35-33-31-29-27-25-23-21-19-17-15-13-11-9-7-2/h9,11,15,17,21,23-24,26-27,29,33,35,63H,6-8,10,12-14,16,18-20,22,25,28,30-32,34,36-62H2,1-5H3/b11-9-,17-15-,23-21-,26-24-,29-27-,35-33-. The molecule has 0 saturated heterocycles. The van der Waals surface area contributed by atoms with Gasteiger partial charge in [-0.05, 0) is 83.5 Å². The van der Waals surface area contributed by atoms with Crippen molar-refractivity contribution < 1.29 is 37.3 Å². The molecule has 0 fully saturated rings. The van der Waals surface area contributed by atoms with Crippen molar-refractivity contribution in [2.45, 2.75) is 277 Å². The Morgan fingerprint density at radius 1 is 0.438 bits per heavy atom. The van der Waals surface area contributed by atoms with Gasteiger partial charge in [0.05, 0.1) is 34.4 Å². The maximum absolute atomic E-state index is 12.8. The molecule has 0 saturated carbocycles. The Hall–Kier alpha value is -2.06. The van der Waals surface area contributed by atoms with Crippen LogP contribution in [-0.4, -0.2) is 70.7 Å². The number of unbranched alkanes of at least 4 members (excludes halogenated alkanes) is 31. The fourth-order valence-electron chi connectivity index (χ4n) is 8.57. The Labute approximate surface area is 453 Å². The van der Waals surface area contributed by atoms with E-state index in [9.17, 15) is 14.3 Å². The molecule has 0 aliphatic rings. The summed E-state index contributed by atoms with van der Waals surface area (Å²) >= 11 is 0. The molecule has 0 radical (unpaired) electrons. The fourth-order valence-corrected chi connectivity index (χ4v) is 9.30. The first-order chi connectivity index (χ1) is 35.6. The Kier molecular flexibility index (Phi) is 54.6. The van der Waals surface area contributed by atoms with Gasteiger partial charge in [-0.1, -0.05) is 254 Å². The number of nitrogens with zero attached hydrogens (tertiary/aromatic N) is 1. The van der Waals surface area contributed by atoms with Crippen molar-refractivity contribution in [2.75, 3.05) is 54.1 Å². The van der Waals surface area contributed by atoms with Gasteiger partial charge in [0.25, 0.3) is 7.82 Å². The second-order valence-corrected chi connectivity index (χ2v) is 23.1. The summed E-state index contributed by atoms with van der Waals surface area (Å²) in [5, 5.41) is 0. The number of carbonyl (C=O) groups is 1. The third-order valence-electron chi connectivity index (χ3n) is 13.2. The van der Waals surface area contributed by atoms with Crippen molar-refractivity contribution in [1.29, 1.82) is 0 Å². The molecule has 0 aromatic heterocycles. The number of esters is 1. The lowest BCUT2D eigenvalue weighted by Gasteiger charge is -2.28. The second kappa shape index (κ2) is 56.2. The summed E-state index contributed by atoms with van der Waals surface area (Å²) in [7, 11) is 1.35. The third kappa shape index (κ3) is 60.7. The van der Waals surface area contributed by atoms with E-state index in [1.165, 1.54) is 180 Å². The molecule has 0 rings (SSSR count). The van der Waals surface area contributed by atoms with Crippen molar-refractivity contribution in [1.82, 2.24) is 0 Å². The zero-order valence-corrected chi connectivity index (χ0v) is 49.5. The lowest BCUT2D eigenvalue weighted by Crippen LogP contribution is -2.37. The van der Waals surface area contributed by atoms with E-state index in [4.69, 9.17) is 18.5 Å². The molecule has 0 heterocycles. The van der Waals surface area contributed by atoms with Gasteiger partial charge < -0.3 is 27.9 Å². The summed E-state index contributed by atoms with van der Waals surface area (Å²) in [5.41, 5.74) is 0. The van der Waals surface area contributed by atoms with E-state index in [1.807, 2.05) is 21.1 Å². The van der Waals surface area contributed by atoms with Gasteiger partial charge in [0.1, 0.15) is 19.3 Å². The summed E-state index contributed by atoms with van der Waals surface area (Å²) in [6, 6.07) is 0. The maximum atomic E-state index is 12.8. The SMILES string of the molecule is CC/C=C\C/C=C\C/C=C\C/C=C\C/C=C\CCCCCCCCCCCC(=O)OC(COCCCCCCCCCCCCCCCC/C=C\CCCCCCCCCC)COP(=O)([O-])OCC[N+](C)(C)C. The van der Waals surface area contributed by atoms with E-state index in [0.717, 1.165) is 70.6 Å². The van der Waals surface area contributed by atoms with Crippen molar-refractivity contribution in [2.24, 2.45) is 0 Å². The number of phosphoric ester groups is 1. The molecule has 0 N–H and O–H groups in total. The minimum Gasteiger partial charge on any atom is -0.756 e. The molecule has 0 amide bonds. The Bertz CT molecular complexity index is 1400. The van der Waals surface area contributed by atoms with Crippen molar-refractivity contribution in [3.05, 3.63) is 72.9 Å². The highest BCUT2D eigenvalue weighted by molar-refractivity contribution is 7.45. The van der Waals surface area contributed by atoms with Gasteiger partial charge in [-0.3, -0.25) is 9.36 Å². The highest BCUT2D eigenvalue weighted by atomic mass is 31.2. The van der Waals surface area contributed by atoms with Crippen LogP contribution in [0.5, 0.6) is 0 Å². The largest absolute Gasteiger partial charge is 0.756 e. The number of likely N-dealkylation sites (N-methyl/N-ethyl adjacent to an activating group) is 1. The molecule has 9 heteroatoms. The van der Waals surface area contributed by atoms with Gasteiger partial charge in [0, 0.05) is 13.0 Å². The maximum Gasteiger partial charge on any atom is 0.306 e. The zero-order valence-electron chi connectivity index (χ0n) is 48.6. The minimum atomic E-state index is -4.54. The Balaban J connectivity index is 4.05. The number of phosphoric acid groups is 1. The van der Waals surface area contributed by atoms with Gasteiger partial charge in [0.15, 0.2) is 0 Å². The van der Waals surface area contributed by atoms with Crippen LogP contribution in [0, 0.1) is 0 Å². The number of hydrogen-bond donors (Lipinski definition) is 0. The third-order valence-corrected chi connectivity index (χ3v) is 14.2. The van der Waals surface area contributed by atoms with Crippen LogP contribution in [0.4, 0.5) is 0 Å². The predicted molar refractivity (Wildman–Crippen MR) is 314 cm³/mol. The van der Waals surface area contributed by atoms with E-state index < -0.39 is 13.9 Å². The molecule has 2 unspecified atom stereocenters. The normalized spacial score (nSPS) is 13.9. The van der Waals surface area contributed by atoms with Crippen LogP contribution in [-0.2, 0) is 27.9 Å². The van der Waals surface area contributed by atoms with E-state index in [0.29, 0.717) is 24.1 Å².